The largest absolute Gasteiger partial charge is 0.497 e. The molecule has 2 N–H and O–H groups in total. The lowest BCUT2D eigenvalue weighted by molar-refractivity contribution is -0.116. The second-order valence-electron chi connectivity index (χ2n) is 11.3. The number of carbonyl (C=O) groups is 4. The fourth-order valence-electron chi connectivity index (χ4n) is 4.80. The van der Waals surface area contributed by atoms with E-state index in [1.165, 1.54) is 4.68 Å². The number of hydrogen-bond donors (Lipinski definition) is 2. The molecule has 0 unspecified atom stereocenters. The minimum atomic E-state index is -0.588. The van der Waals surface area contributed by atoms with Crippen LogP contribution in [0.1, 0.15) is 72.6 Å². The van der Waals surface area contributed by atoms with Gasteiger partial charge in [-0.1, -0.05) is 0 Å². The highest BCUT2D eigenvalue weighted by molar-refractivity contribution is 6.09. The zero-order valence-electron chi connectivity index (χ0n) is 26.0. The van der Waals surface area contributed by atoms with Gasteiger partial charge in [-0.2, -0.15) is 5.10 Å². The summed E-state index contributed by atoms with van der Waals surface area (Å²) in [5.74, 6) is -0.429. The number of aryl methyl sites for hydroxylation is 1. The second kappa shape index (κ2) is 13.6. The van der Waals surface area contributed by atoms with Gasteiger partial charge in [0.2, 0.25) is 5.91 Å². The van der Waals surface area contributed by atoms with Gasteiger partial charge in [0.1, 0.15) is 17.0 Å². The van der Waals surface area contributed by atoms with Gasteiger partial charge < -0.3 is 29.7 Å². The molecule has 0 spiro atoms. The molecule has 12 nitrogen and oxygen atoms in total. The van der Waals surface area contributed by atoms with Crippen molar-refractivity contribution in [2.45, 2.75) is 59.5 Å². The highest BCUT2D eigenvalue weighted by atomic mass is 16.6. The Morgan fingerprint density at radius 2 is 1.75 bits per heavy atom. The fraction of sp³-hybridized carbons (Fsp3) is 0.406. The van der Waals surface area contributed by atoms with Crippen molar-refractivity contribution < 1.29 is 33.4 Å². The van der Waals surface area contributed by atoms with Crippen molar-refractivity contribution in [3.05, 3.63) is 65.0 Å². The molecule has 2 heterocycles. The second-order valence-corrected chi connectivity index (χ2v) is 11.3. The van der Waals surface area contributed by atoms with Gasteiger partial charge in [0, 0.05) is 36.4 Å². The van der Waals surface area contributed by atoms with Gasteiger partial charge >= 0.3 is 12.1 Å². The Hall–Kier alpha value is -4.87. The third-order valence-corrected chi connectivity index (χ3v) is 6.85. The third-order valence-electron chi connectivity index (χ3n) is 6.85. The molecule has 3 amide bonds. The molecule has 3 aromatic rings. The van der Waals surface area contributed by atoms with Gasteiger partial charge in [0.05, 0.1) is 19.4 Å². The average molecular weight is 606 g/mol. The lowest BCUT2D eigenvalue weighted by Crippen LogP contribution is -2.39. The number of ether oxygens (including phenoxy) is 3. The van der Waals surface area contributed by atoms with Crippen LogP contribution in [0.3, 0.4) is 0 Å². The van der Waals surface area contributed by atoms with E-state index in [1.807, 2.05) is 13.0 Å². The van der Waals surface area contributed by atoms with Crippen LogP contribution in [0.4, 0.5) is 16.2 Å². The molecule has 1 aromatic heterocycles. The van der Waals surface area contributed by atoms with E-state index in [4.69, 9.17) is 14.2 Å². The molecule has 12 heteroatoms. The molecule has 1 aliphatic rings. The van der Waals surface area contributed by atoms with Crippen molar-refractivity contribution in [2.75, 3.05) is 37.0 Å². The molecule has 0 radical (unpaired) electrons. The van der Waals surface area contributed by atoms with E-state index in [0.29, 0.717) is 60.0 Å². The zero-order valence-corrected chi connectivity index (χ0v) is 26.0. The highest BCUT2D eigenvalue weighted by Gasteiger charge is 2.35. The number of anilines is 2. The van der Waals surface area contributed by atoms with Crippen LogP contribution in [-0.2, 0) is 20.7 Å². The summed E-state index contributed by atoms with van der Waals surface area (Å²) in [5.41, 5.74) is 3.02. The number of rotatable bonds is 10. The SMILES string of the molecule is CCOC(=O)c1nn(-c2ccc(OC)cc2)c2c1CCN(c1ccc(NC(=O)CCCNC(=O)OC(C)(C)C)c(C)c1)C2=O. The first-order valence-electron chi connectivity index (χ1n) is 14.5. The van der Waals surface area contributed by atoms with Crippen LogP contribution in [-0.4, -0.2) is 66.1 Å². The molecular weight excluding hydrogens is 566 g/mol. The average Bonchev–Trinajstić information content (AvgIpc) is 3.37. The minimum Gasteiger partial charge on any atom is -0.497 e. The number of benzene rings is 2. The van der Waals surface area contributed by atoms with Crippen LogP contribution in [0, 0.1) is 6.92 Å². The number of fused-ring (bicyclic) bond motifs is 1. The van der Waals surface area contributed by atoms with Crippen LogP contribution in [0.25, 0.3) is 5.69 Å². The van der Waals surface area contributed by atoms with E-state index >= 15 is 0 Å². The molecule has 0 bridgehead atoms. The molecule has 0 fully saturated rings. The maximum atomic E-state index is 14.0. The summed E-state index contributed by atoms with van der Waals surface area (Å²) in [6.07, 6.45) is 0.540. The molecule has 2 aromatic carbocycles. The van der Waals surface area contributed by atoms with E-state index in [-0.39, 0.29) is 30.5 Å². The number of aromatic nitrogens is 2. The Morgan fingerprint density at radius 1 is 1.05 bits per heavy atom. The Kier molecular flexibility index (Phi) is 9.92. The van der Waals surface area contributed by atoms with Crippen molar-refractivity contribution in [2.24, 2.45) is 0 Å². The summed E-state index contributed by atoms with van der Waals surface area (Å²) in [5, 5.41) is 10.1. The molecule has 0 atom stereocenters. The lowest BCUT2D eigenvalue weighted by Gasteiger charge is -2.28. The Labute approximate surface area is 256 Å². The number of methoxy groups -OCH3 is 1. The van der Waals surface area contributed by atoms with Gasteiger partial charge in [-0.05, 0) is 95.5 Å². The number of nitrogens with one attached hydrogen (secondary N) is 2. The molecule has 234 valence electrons. The fourth-order valence-corrected chi connectivity index (χ4v) is 4.80. The quantitative estimate of drug-likeness (QED) is 0.248. The normalized spacial score (nSPS) is 12.8. The number of carbonyl (C=O) groups excluding carboxylic acids is 4. The summed E-state index contributed by atoms with van der Waals surface area (Å²) in [6.45, 7) is 9.75. The number of alkyl carbamates (subject to hydrolysis) is 1. The van der Waals surface area contributed by atoms with Crippen LogP contribution >= 0.6 is 0 Å². The van der Waals surface area contributed by atoms with Gasteiger partial charge in [-0.15, -0.1) is 0 Å². The van der Waals surface area contributed by atoms with Crippen molar-refractivity contribution in [3.63, 3.8) is 0 Å². The smallest absolute Gasteiger partial charge is 0.407 e. The van der Waals surface area contributed by atoms with Crippen LogP contribution in [0.15, 0.2) is 42.5 Å². The van der Waals surface area contributed by atoms with Crippen LogP contribution in [0.5, 0.6) is 5.75 Å². The summed E-state index contributed by atoms with van der Waals surface area (Å²) in [7, 11) is 1.57. The van der Waals surface area contributed by atoms with Gasteiger partial charge in [0.15, 0.2) is 5.69 Å². The molecular formula is C32H39N5O7. The third kappa shape index (κ3) is 7.55. The molecule has 0 aliphatic carbocycles. The first-order chi connectivity index (χ1) is 20.9. The minimum absolute atomic E-state index is 0.126. The van der Waals surface area contributed by atoms with Crippen molar-refractivity contribution in [3.8, 4) is 11.4 Å². The zero-order chi connectivity index (χ0) is 32.0. The standard InChI is InChI=1S/C32H39N5O7/c1-7-43-30(40)27-24-16-18-36(29(39)28(24)37(35-27)21-10-13-23(42-6)14-11-21)22-12-15-25(20(2)19-22)34-26(38)9-8-17-33-31(41)44-32(3,4)5/h10-15,19H,7-9,16-18H2,1-6H3,(H,33,41)(H,34,38). The molecule has 4 rings (SSSR count). The van der Waals surface area contributed by atoms with Gasteiger partial charge in [0.25, 0.3) is 5.91 Å². The molecule has 0 saturated heterocycles. The summed E-state index contributed by atoms with van der Waals surface area (Å²) < 4.78 is 17.2. The van der Waals surface area contributed by atoms with Gasteiger partial charge in [-0.3, -0.25) is 9.59 Å². The first-order valence-corrected chi connectivity index (χ1v) is 14.5. The predicted molar refractivity (Wildman–Crippen MR) is 165 cm³/mol. The van der Waals surface area contributed by atoms with E-state index in [2.05, 4.69) is 15.7 Å². The molecule has 1 aliphatic heterocycles. The molecule has 0 saturated carbocycles. The number of nitrogens with zero attached hydrogens (tertiary/aromatic N) is 3. The van der Waals surface area contributed by atoms with E-state index < -0.39 is 17.7 Å². The number of esters is 1. The Balaban J connectivity index is 1.48. The summed E-state index contributed by atoms with van der Waals surface area (Å²) in [6, 6.07) is 12.4. The maximum Gasteiger partial charge on any atom is 0.407 e. The van der Waals surface area contributed by atoms with Crippen molar-refractivity contribution in [1.82, 2.24) is 15.1 Å². The number of hydrogen-bond acceptors (Lipinski definition) is 8. The number of amides is 3. The van der Waals surface area contributed by atoms with Crippen molar-refractivity contribution >= 4 is 35.3 Å². The maximum absolute atomic E-state index is 14.0. The molecule has 44 heavy (non-hydrogen) atoms. The summed E-state index contributed by atoms with van der Waals surface area (Å²) >= 11 is 0. The lowest BCUT2D eigenvalue weighted by atomic mass is 10.0. The topological polar surface area (TPSA) is 141 Å². The Bertz CT molecular complexity index is 1540. The van der Waals surface area contributed by atoms with Crippen LogP contribution < -0.4 is 20.3 Å². The van der Waals surface area contributed by atoms with Crippen molar-refractivity contribution in [1.29, 1.82) is 0 Å². The monoisotopic (exact) mass is 605 g/mol. The summed E-state index contributed by atoms with van der Waals surface area (Å²) in [4.78, 5) is 52.7. The van der Waals surface area contributed by atoms with E-state index in [9.17, 15) is 19.2 Å². The van der Waals surface area contributed by atoms with Crippen LogP contribution in [0.2, 0.25) is 0 Å². The van der Waals surface area contributed by atoms with E-state index in [0.717, 1.165) is 5.56 Å². The first kappa shape index (κ1) is 32.1. The van der Waals surface area contributed by atoms with E-state index in [1.54, 1.807) is 76.1 Å². The van der Waals surface area contributed by atoms with Gasteiger partial charge in [-0.25, -0.2) is 14.3 Å². The highest BCUT2D eigenvalue weighted by Crippen LogP contribution is 2.31. The Morgan fingerprint density at radius 3 is 2.39 bits per heavy atom. The predicted octanol–water partition coefficient (Wildman–Crippen LogP) is 4.81.